The van der Waals surface area contributed by atoms with Crippen LogP contribution >= 0.6 is 11.3 Å². The standard InChI is InChI=1S/C19H23N3OS/c23-18(17-4-2-12-24-17)22-10-6-19(7-11-22)5-9-21(15-19)14-16-3-1-8-20-13-16/h1-4,8,12-13H,5-7,9-11,14-15H2. The van der Waals surface area contributed by atoms with Crippen molar-refractivity contribution in [2.75, 3.05) is 26.2 Å². The highest BCUT2D eigenvalue weighted by molar-refractivity contribution is 7.12. The number of piperidine rings is 1. The molecule has 1 spiro atoms. The molecule has 0 bridgehead atoms. The Morgan fingerprint density at radius 1 is 1.17 bits per heavy atom. The van der Waals surface area contributed by atoms with Gasteiger partial charge in [-0.2, -0.15) is 0 Å². The Hall–Kier alpha value is -1.72. The van der Waals surface area contributed by atoms with Crippen LogP contribution in [0.1, 0.15) is 34.5 Å². The van der Waals surface area contributed by atoms with Crippen LogP contribution in [-0.2, 0) is 6.54 Å². The predicted octanol–water partition coefficient (Wildman–Crippen LogP) is 3.27. The summed E-state index contributed by atoms with van der Waals surface area (Å²) >= 11 is 1.54. The average Bonchev–Trinajstić information content (AvgIpc) is 3.27. The molecule has 5 heteroatoms. The highest BCUT2D eigenvalue weighted by Gasteiger charge is 2.41. The lowest BCUT2D eigenvalue weighted by atomic mass is 9.77. The van der Waals surface area contributed by atoms with E-state index in [1.54, 1.807) is 11.3 Å². The lowest BCUT2D eigenvalue weighted by Gasteiger charge is -2.39. The summed E-state index contributed by atoms with van der Waals surface area (Å²) in [6, 6.07) is 8.05. The number of carbonyl (C=O) groups is 1. The number of thiophene rings is 1. The van der Waals surface area contributed by atoms with Crippen LogP contribution in [0.5, 0.6) is 0 Å². The zero-order valence-electron chi connectivity index (χ0n) is 13.9. The molecule has 24 heavy (non-hydrogen) atoms. The predicted molar refractivity (Wildman–Crippen MR) is 96.0 cm³/mol. The molecule has 0 aliphatic carbocycles. The zero-order valence-corrected chi connectivity index (χ0v) is 14.7. The normalized spacial score (nSPS) is 20.6. The first-order valence-electron chi connectivity index (χ1n) is 8.68. The third-order valence-corrected chi connectivity index (χ3v) is 6.35. The molecule has 0 saturated carbocycles. The van der Waals surface area contributed by atoms with Crippen LogP contribution < -0.4 is 0 Å². The molecule has 0 radical (unpaired) electrons. The van der Waals surface area contributed by atoms with Crippen molar-refractivity contribution in [2.45, 2.75) is 25.8 Å². The van der Waals surface area contributed by atoms with E-state index in [9.17, 15) is 4.79 Å². The second kappa shape index (κ2) is 6.65. The van der Waals surface area contributed by atoms with Crippen LogP contribution in [0, 0.1) is 5.41 Å². The van der Waals surface area contributed by atoms with Crippen LogP contribution in [0.15, 0.2) is 42.0 Å². The third-order valence-electron chi connectivity index (χ3n) is 5.49. The fourth-order valence-electron chi connectivity index (χ4n) is 4.06. The van der Waals surface area contributed by atoms with E-state index in [0.29, 0.717) is 5.41 Å². The van der Waals surface area contributed by atoms with Gasteiger partial charge in [0.15, 0.2) is 0 Å². The summed E-state index contributed by atoms with van der Waals surface area (Å²) in [7, 11) is 0. The van der Waals surface area contributed by atoms with E-state index in [4.69, 9.17) is 0 Å². The molecule has 4 heterocycles. The van der Waals surface area contributed by atoms with E-state index in [1.807, 2.05) is 40.9 Å². The number of likely N-dealkylation sites (tertiary alicyclic amines) is 2. The summed E-state index contributed by atoms with van der Waals surface area (Å²) in [4.78, 5) is 22.2. The maximum Gasteiger partial charge on any atom is 0.263 e. The van der Waals surface area contributed by atoms with Crippen LogP contribution in [-0.4, -0.2) is 46.9 Å². The quantitative estimate of drug-likeness (QED) is 0.860. The highest BCUT2D eigenvalue weighted by atomic mass is 32.1. The maximum atomic E-state index is 12.5. The second-order valence-corrected chi connectivity index (χ2v) is 8.04. The largest absolute Gasteiger partial charge is 0.338 e. The fraction of sp³-hybridized carbons (Fsp3) is 0.474. The van der Waals surface area contributed by atoms with Crippen molar-refractivity contribution < 1.29 is 4.79 Å². The lowest BCUT2D eigenvalue weighted by molar-refractivity contribution is 0.0592. The summed E-state index contributed by atoms with van der Waals surface area (Å²) in [6.45, 7) is 5.11. The zero-order chi connectivity index (χ0) is 16.4. The van der Waals surface area contributed by atoms with Crippen LogP contribution in [0.2, 0.25) is 0 Å². The van der Waals surface area contributed by atoms with E-state index in [-0.39, 0.29) is 5.91 Å². The van der Waals surface area contributed by atoms with E-state index < -0.39 is 0 Å². The Morgan fingerprint density at radius 2 is 2.00 bits per heavy atom. The maximum absolute atomic E-state index is 12.5. The Kier molecular flexibility index (Phi) is 4.37. The Balaban J connectivity index is 1.33. The minimum Gasteiger partial charge on any atom is -0.338 e. The van der Waals surface area contributed by atoms with Gasteiger partial charge in [0.1, 0.15) is 0 Å². The Labute approximate surface area is 147 Å². The molecule has 0 unspecified atom stereocenters. The number of carbonyl (C=O) groups excluding carboxylic acids is 1. The van der Waals surface area contributed by atoms with Crippen molar-refractivity contribution in [3.05, 3.63) is 52.5 Å². The summed E-state index contributed by atoms with van der Waals surface area (Å²) in [5.41, 5.74) is 1.70. The van der Waals surface area contributed by atoms with Gasteiger partial charge in [0.2, 0.25) is 0 Å². The molecule has 2 saturated heterocycles. The molecule has 2 aliphatic rings. The molecular weight excluding hydrogens is 318 g/mol. The van der Waals surface area contributed by atoms with Gasteiger partial charge in [0.05, 0.1) is 4.88 Å². The minimum absolute atomic E-state index is 0.213. The SMILES string of the molecule is O=C(c1cccs1)N1CCC2(CCN(Cc3cccnc3)C2)CC1. The molecule has 2 aromatic heterocycles. The van der Waals surface area contributed by atoms with Gasteiger partial charge < -0.3 is 4.90 Å². The summed E-state index contributed by atoms with van der Waals surface area (Å²) in [5, 5.41) is 1.98. The second-order valence-electron chi connectivity index (χ2n) is 7.09. The Bertz CT molecular complexity index is 678. The molecule has 1 amide bonds. The van der Waals surface area contributed by atoms with E-state index in [1.165, 1.54) is 12.0 Å². The number of nitrogens with zero attached hydrogens (tertiary/aromatic N) is 3. The number of amides is 1. The van der Waals surface area contributed by atoms with Gasteiger partial charge in [-0.05, 0) is 54.3 Å². The minimum atomic E-state index is 0.213. The van der Waals surface area contributed by atoms with Gasteiger partial charge in [-0.15, -0.1) is 11.3 Å². The monoisotopic (exact) mass is 341 g/mol. The first-order chi connectivity index (χ1) is 11.7. The van der Waals surface area contributed by atoms with Gasteiger partial charge in [-0.3, -0.25) is 14.7 Å². The van der Waals surface area contributed by atoms with Crippen molar-refractivity contribution in [1.82, 2.24) is 14.8 Å². The first-order valence-corrected chi connectivity index (χ1v) is 9.56. The van der Waals surface area contributed by atoms with E-state index >= 15 is 0 Å². The molecule has 0 aromatic carbocycles. The van der Waals surface area contributed by atoms with E-state index in [0.717, 1.165) is 50.4 Å². The van der Waals surface area contributed by atoms with Crippen molar-refractivity contribution in [2.24, 2.45) is 5.41 Å². The molecule has 126 valence electrons. The fourth-order valence-corrected chi connectivity index (χ4v) is 4.75. The topological polar surface area (TPSA) is 36.4 Å². The summed E-state index contributed by atoms with van der Waals surface area (Å²) < 4.78 is 0. The number of pyridine rings is 1. The van der Waals surface area contributed by atoms with Crippen molar-refractivity contribution in [1.29, 1.82) is 0 Å². The van der Waals surface area contributed by atoms with Crippen molar-refractivity contribution >= 4 is 17.2 Å². The van der Waals surface area contributed by atoms with Crippen molar-refractivity contribution in [3.63, 3.8) is 0 Å². The summed E-state index contributed by atoms with van der Waals surface area (Å²) in [5.74, 6) is 0.213. The van der Waals surface area contributed by atoms with Gasteiger partial charge in [0, 0.05) is 38.6 Å². The molecular formula is C19H23N3OS. The molecule has 2 aromatic rings. The van der Waals surface area contributed by atoms with Gasteiger partial charge in [-0.25, -0.2) is 0 Å². The van der Waals surface area contributed by atoms with Crippen LogP contribution in [0.3, 0.4) is 0 Å². The molecule has 4 rings (SSSR count). The van der Waals surface area contributed by atoms with Gasteiger partial charge >= 0.3 is 0 Å². The van der Waals surface area contributed by atoms with E-state index in [2.05, 4.69) is 16.0 Å². The number of rotatable bonds is 3. The molecule has 2 fully saturated rings. The smallest absolute Gasteiger partial charge is 0.263 e. The highest BCUT2D eigenvalue weighted by Crippen LogP contribution is 2.41. The van der Waals surface area contributed by atoms with Gasteiger partial charge in [0.25, 0.3) is 5.91 Å². The summed E-state index contributed by atoms with van der Waals surface area (Å²) in [6.07, 6.45) is 7.32. The lowest BCUT2D eigenvalue weighted by Crippen LogP contribution is -2.44. The Morgan fingerprint density at radius 3 is 2.71 bits per heavy atom. The van der Waals surface area contributed by atoms with Crippen LogP contribution in [0.25, 0.3) is 0 Å². The molecule has 0 N–H and O–H groups in total. The number of hydrogen-bond acceptors (Lipinski definition) is 4. The number of hydrogen-bond donors (Lipinski definition) is 0. The van der Waals surface area contributed by atoms with Crippen molar-refractivity contribution in [3.8, 4) is 0 Å². The van der Waals surface area contributed by atoms with Crippen LogP contribution in [0.4, 0.5) is 0 Å². The molecule has 2 aliphatic heterocycles. The number of aromatic nitrogens is 1. The molecule has 4 nitrogen and oxygen atoms in total. The third kappa shape index (κ3) is 3.23. The molecule has 0 atom stereocenters. The average molecular weight is 341 g/mol. The van der Waals surface area contributed by atoms with Gasteiger partial charge in [-0.1, -0.05) is 12.1 Å². The first kappa shape index (κ1) is 15.8.